The van der Waals surface area contributed by atoms with E-state index in [1.54, 1.807) is 25.2 Å². The van der Waals surface area contributed by atoms with Crippen molar-refractivity contribution in [3.63, 3.8) is 0 Å². The maximum atomic E-state index is 11.6. The Kier molecular flexibility index (Phi) is 5.58. The van der Waals surface area contributed by atoms with Crippen LogP contribution in [0.5, 0.6) is 0 Å². The predicted octanol–water partition coefficient (Wildman–Crippen LogP) is 6.00. The fourth-order valence-electron chi connectivity index (χ4n) is 2.90. The molecule has 0 radical (unpaired) electrons. The van der Waals surface area contributed by atoms with Gasteiger partial charge in [0, 0.05) is 10.4 Å². The highest BCUT2D eigenvalue weighted by Crippen LogP contribution is 2.44. The van der Waals surface area contributed by atoms with Crippen molar-refractivity contribution >= 4 is 39.3 Å². The van der Waals surface area contributed by atoms with Crippen LogP contribution in [0.25, 0.3) is 21.3 Å². The summed E-state index contributed by atoms with van der Waals surface area (Å²) in [5.41, 5.74) is 3.57. The van der Waals surface area contributed by atoms with E-state index in [-0.39, 0.29) is 0 Å². The van der Waals surface area contributed by atoms with Crippen molar-refractivity contribution in [1.29, 1.82) is 0 Å². The highest BCUT2D eigenvalue weighted by atomic mass is 32.2. The zero-order valence-electron chi connectivity index (χ0n) is 16.2. The van der Waals surface area contributed by atoms with Crippen LogP contribution >= 0.6 is 23.1 Å². The fourth-order valence-corrected chi connectivity index (χ4v) is 5.04. The molecule has 4 nitrogen and oxygen atoms in total. The summed E-state index contributed by atoms with van der Waals surface area (Å²) in [6, 6.07) is 8.64. The SMILES string of the molecule is CCc1sc2ncnc(SC(C)(C)C(=O)O)c2c1-c1ccc(C(C)C)cc1. The minimum atomic E-state index is -0.964. The summed E-state index contributed by atoms with van der Waals surface area (Å²) in [7, 11) is 0. The first-order valence-corrected chi connectivity index (χ1v) is 10.7. The van der Waals surface area contributed by atoms with Crippen molar-refractivity contribution in [2.45, 2.75) is 56.7 Å². The normalized spacial score (nSPS) is 12.1. The Labute approximate surface area is 168 Å². The lowest BCUT2D eigenvalue weighted by atomic mass is 9.97. The van der Waals surface area contributed by atoms with Gasteiger partial charge in [0.25, 0.3) is 0 Å². The van der Waals surface area contributed by atoms with Crippen molar-refractivity contribution in [3.05, 3.63) is 41.0 Å². The zero-order chi connectivity index (χ0) is 19.8. The molecule has 0 unspecified atom stereocenters. The van der Waals surface area contributed by atoms with Crippen LogP contribution in [-0.2, 0) is 11.2 Å². The van der Waals surface area contributed by atoms with Crippen LogP contribution in [0.3, 0.4) is 0 Å². The number of aromatic nitrogens is 2. The van der Waals surface area contributed by atoms with Crippen LogP contribution in [-0.4, -0.2) is 25.8 Å². The van der Waals surface area contributed by atoms with Crippen molar-refractivity contribution in [2.75, 3.05) is 0 Å². The molecule has 2 aromatic heterocycles. The summed E-state index contributed by atoms with van der Waals surface area (Å²) in [6.45, 7) is 9.92. The Morgan fingerprint density at radius 2 is 1.89 bits per heavy atom. The number of carboxylic acid groups (broad SMARTS) is 1. The number of thiophene rings is 1. The first-order valence-electron chi connectivity index (χ1n) is 9.03. The number of nitrogens with zero attached hydrogens (tertiary/aromatic N) is 2. The van der Waals surface area contributed by atoms with Gasteiger partial charge in [-0.1, -0.05) is 56.8 Å². The molecule has 0 spiro atoms. The van der Waals surface area contributed by atoms with E-state index in [0.29, 0.717) is 5.92 Å². The smallest absolute Gasteiger partial charge is 0.319 e. The maximum Gasteiger partial charge on any atom is 0.319 e. The molecule has 0 atom stereocenters. The van der Waals surface area contributed by atoms with Crippen LogP contribution in [0.15, 0.2) is 35.6 Å². The highest BCUT2D eigenvalue weighted by molar-refractivity contribution is 8.01. The largest absolute Gasteiger partial charge is 0.480 e. The molecule has 0 saturated heterocycles. The molecule has 3 rings (SSSR count). The van der Waals surface area contributed by atoms with Gasteiger partial charge in [0.2, 0.25) is 0 Å². The minimum absolute atomic E-state index is 0.481. The maximum absolute atomic E-state index is 11.6. The van der Waals surface area contributed by atoms with E-state index >= 15 is 0 Å². The number of hydrogen-bond acceptors (Lipinski definition) is 5. The second kappa shape index (κ2) is 7.60. The zero-order valence-corrected chi connectivity index (χ0v) is 17.9. The second-order valence-corrected chi connectivity index (χ2v) is 10.0. The van der Waals surface area contributed by atoms with Gasteiger partial charge in [0.05, 0.1) is 5.39 Å². The third-order valence-electron chi connectivity index (χ3n) is 4.58. The number of benzene rings is 1. The van der Waals surface area contributed by atoms with Crippen LogP contribution < -0.4 is 0 Å². The fraction of sp³-hybridized carbons (Fsp3) is 0.381. The Bertz CT molecular complexity index is 976. The van der Waals surface area contributed by atoms with E-state index in [4.69, 9.17) is 0 Å². The highest BCUT2D eigenvalue weighted by Gasteiger charge is 2.31. The molecule has 0 aliphatic heterocycles. The summed E-state index contributed by atoms with van der Waals surface area (Å²) in [5.74, 6) is -0.372. The van der Waals surface area contributed by atoms with E-state index < -0.39 is 10.7 Å². The summed E-state index contributed by atoms with van der Waals surface area (Å²) in [4.78, 5) is 22.7. The number of rotatable bonds is 6. The van der Waals surface area contributed by atoms with E-state index in [1.165, 1.54) is 28.5 Å². The first kappa shape index (κ1) is 19.8. The lowest BCUT2D eigenvalue weighted by Gasteiger charge is -2.18. The number of aliphatic carboxylic acids is 1. The number of thioether (sulfide) groups is 1. The Morgan fingerprint density at radius 1 is 1.22 bits per heavy atom. The number of fused-ring (bicyclic) bond motifs is 1. The standard InChI is InChI=1S/C21H24N2O2S2/c1-6-15-16(14-9-7-13(8-10-14)12(2)3)17-18(26-15)22-11-23-19(17)27-21(4,5)20(24)25/h7-12H,6H2,1-5H3,(H,24,25). The molecule has 0 bridgehead atoms. The third kappa shape index (κ3) is 3.87. The van der Waals surface area contributed by atoms with Gasteiger partial charge in [0.1, 0.15) is 20.9 Å². The summed E-state index contributed by atoms with van der Waals surface area (Å²) in [6.07, 6.45) is 2.43. The van der Waals surface area contributed by atoms with E-state index in [1.807, 2.05) is 0 Å². The monoisotopic (exact) mass is 400 g/mol. The summed E-state index contributed by atoms with van der Waals surface area (Å²) < 4.78 is -0.964. The molecule has 0 fully saturated rings. The third-order valence-corrected chi connectivity index (χ3v) is 7.01. The van der Waals surface area contributed by atoms with Crippen molar-refractivity contribution in [1.82, 2.24) is 9.97 Å². The molecule has 2 heterocycles. The quantitative estimate of drug-likeness (QED) is 0.406. The Balaban J connectivity index is 2.20. The Morgan fingerprint density at radius 3 is 2.44 bits per heavy atom. The molecule has 1 N–H and O–H groups in total. The van der Waals surface area contributed by atoms with Gasteiger partial charge in [-0.15, -0.1) is 11.3 Å². The van der Waals surface area contributed by atoms with Crippen LogP contribution in [0.4, 0.5) is 0 Å². The topological polar surface area (TPSA) is 63.1 Å². The van der Waals surface area contributed by atoms with Crippen molar-refractivity contribution in [3.8, 4) is 11.1 Å². The van der Waals surface area contributed by atoms with E-state index in [2.05, 4.69) is 55.0 Å². The average molecular weight is 401 g/mol. The predicted molar refractivity (Wildman–Crippen MR) is 114 cm³/mol. The lowest BCUT2D eigenvalue weighted by molar-refractivity contribution is -0.138. The molecular formula is C21H24N2O2S2. The molecular weight excluding hydrogens is 376 g/mol. The van der Waals surface area contributed by atoms with Gasteiger partial charge in [0.15, 0.2) is 0 Å². The van der Waals surface area contributed by atoms with Crippen LogP contribution in [0.1, 0.15) is 51.0 Å². The number of carboxylic acids is 1. The molecule has 0 aliphatic rings. The first-order chi connectivity index (χ1) is 12.7. The van der Waals surface area contributed by atoms with E-state index in [9.17, 15) is 9.90 Å². The number of aryl methyl sites for hydroxylation is 1. The van der Waals surface area contributed by atoms with Gasteiger partial charge in [-0.2, -0.15) is 0 Å². The molecule has 0 amide bonds. The lowest BCUT2D eigenvalue weighted by Crippen LogP contribution is -2.27. The van der Waals surface area contributed by atoms with Crippen molar-refractivity contribution in [2.24, 2.45) is 0 Å². The molecule has 3 aromatic rings. The molecule has 6 heteroatoms. The van der Waals surface area contributed by atoms with Gasteiger partial charge in [-0.3, -0.25) is 4.79 Å². The Hall–Kier alpha value is -1.92. The van der Waals surface area contributed by atoms with E-state index in [0.717, 1.165) is 32.8 Å². The van der Waals surface area contributed by atoms with Crippen LogP contribution in [0, 0.1) is 0 Å². The second-order valence-electron chi connectivity index (χ2n) is 7.31. The summed E-state index contributed by atoms with van der Waals surface area (Å²) >= 11 is 2.95. The molecule has 27 heavy (non-hydrogen) atoms. The minimum Gasteiger partial charge on any atom is -0.480 e. The van der Waals surface area contributed by atoms with Gasteiger partial charge in [-0.05, 0) is 37.3 Å². The molecule has 0 aliphatic carbocycles. The molecule has 0 saturated carbocycles. The number of carbonyl (C=O) groups is 1. The van der Waals surface area contributed by atoms with Crippen LogP contribution in [0.2, 0.25) is 0 Å². The molecule has 142 valence electrons. The molecule has 1 aromatic carbocycles. The van der Waals surface area contributed by atoms with Gasteiger partial charge < -0.3 is 5.11 Å². The number of hydrogen-bond donors (Lipinski definition) is 1. The average Bonchev–Trinajstić information content (AvgIpc) is 3.01. The van der Waals surface area contributed by atoms with Gasteiger partial charge >= 0.3 is 5.97 Å². The summed E-state index contributed by atoms with van der Waals surface area (Å²) in [5, 5.41) is 11.2. The van der Waals surface area contributed by atoms with Gasteiger partial charge in [-0.25, -0.2) is 9.97 Å². The van der Waals surface area contributed by atoms with Crippen molar-refractivity contribution < 1.29 is 9.90 Å².